The molecular formula is C25H37N3O6. The zero-order valence-electron chi connectivity index (χ0n) is 20.6. The maximum atomic E-state index is 12.7. The molecule has 9 heteroatoms. The van der Waals surface area contributed by atoms with Crippen LogP contribution in [0.3, 0.4) is 0 Å². The van der Waals surface area contributed by atoms with Crippen LogP contribution in [0.15, 0.2) is 30.3 Å². The minimum absolute atomic E-state index is 0.0968. The highest BCUT2D eigenvalue weighted by atomic mass is 16.7. The lowest BCUT2D eigenvalue weighted by atomic mass is 9.85. The molecule has 2 saturated heterocycles. The van der Waals surface area contributed by atoms with Crippen LogP contribution in [0.1, 0.15) is 52.5 Å². The molecule has 0 saturated carbocycles. The smallest absolute Gasteiger partial charge is 0.410 e. The Morgan fingerprint density at radius 1 is 1.12 bits per heavy atom. The van der Waals surface area contributed by atoms with Gasteiger partial charge in [0.2, 0.25) is 11.8 Å². The van der Waals surface area contributed by atoms with Crippen molar-refractivity contribution in [1.29, 1.82) is 0 Å². The second-order valence-electron chi connectivity index (χ2n) is 10.0. The lowest BCUT2D eigenvalue weighted by Gasteiger charge is -2.44. The molecule has 0 bridgehead atoms. The Morgan fingerprint density at radius 3 is 2.59 bits per heavy atom. The number of amides is 3. The van der Waals surface area contributed by atoms with Gasteiger partial charge in [-0.1, -0.05) is 44.2 Å². The second-order valence-corrected chi connectivity index (χ2v) is 10.0. The van der Waals surface area contributed by atoms with Crippen molar-refractivity contribution in [3.05, 3.63) is 35.9 Å². The third-order valence-electron chi connectivity index (χ3n) is 6.14. The van der Waals surface area contributed by atoms with E-state index in [1.807, 2.05) is 44.2 Å². The van der Waals surface area contributed by atoms with Crippen LogP contribution in [0, 0.1) is 5.41 Å². The average molecular weight is 476 g/mol. The molecule has 3 rings (SSSR count). The Labute approximate surface area is 201 Å². The largest absolute Gasteiger partial charge is 0.445 e. The minimum Gasteiger partial charge on any atom is -0.445 e. The molecule has 2 aliphatic heterocycles. The van der Waals surface area contributed by atoms with Crippen LogP contribution in [0.2, 0.25) is 0 Å². The number of rotatable bonds is 8. The number of hydrogen-bond donors (Lipinski definition) is 2. The number of carbonyl (C=O) groups is 3. The van der Waals surface area contributed by atoms with Crippen molar-refractivity contribution in [2.45, 2.75) is 71.5 Å². The van der Waals surface area contributed by atoms with Gasteiger partial charge < -0.3 is 29.7 Å². The molecule has 2 N–H and O–H groups in total. The maximum absolute atomic E-state index is 12.7. The molecule has 2 heterocycles. The van der Waals surface area contributed by atoms with E-state index in [-0.39, 0.29) is 43.5 Å². The number of ether oxygens (including phenoxy) is 3. The van der Waals surface area contributed by atoms with Crippen LogP contribution in [-0.4, -0.2) is 67.0 Å². The molecule has 1 aromatic rings. The molecule has 0 aromatic heterocycles. The third kappa shape index (κ3) is 7.17. The van der Waals surface area contributed by atoms with Gasteiger partial charge in [0.25, 0.3) is 0 Å². The van der Waals surface area contributed by atoms with Gasteiger partial charge in [0, 0.05) is 31.5 Å². The van der Waals surface area contributed by atoms with Crippen LogP contribution >= 0.6 is 0 Å². The molecule has 3 amide bonds. The van der Waals surface area contributed by atoms with Gasteiger partial charge in [-0.05, 0) is 32.3 Å². The fraction of sp³-hybridized carbons (Fsp3) is 0.640. The summed E-state index contributed by atoms with van der Waals surface area (Å²) in [4.78, 5) is 39.1. The highest BCUT2D eigenvalue weighted by Gasteiger charge is 2.45. The number of nitrogens with zero attached hydrogens (tertiary/aromatic N) is 1. The van der Waals surface area contributed by atoms with E-state index >= 15 is 0 Å². The molecule has 2 fully saturated rings. The molecule has 2 unspecified atom stereocenters. The summed E-state index contributed by atoms with van der Waals surface area (Å²) < 4.78 is 16.9. The Hall–Kier alpha value is -2.65. The number of carbonyl (C=O) groups excluding carboxylic acids is 3. The van der Waals surface area contributed by atoms with E-state index in [1.165, 1.54) is 0 Å². The standard InChI is InChI=1S/C25H37N3O6/c1-24(2)17-33-25(3,4)34-21(24)22(30)26-13-12-20(29)27-15-19-11-8-14-28(19)23(31)32-16-18-9-6-5-7-10-18/h5-7,9-10,19,21H,8,11-17H2,1-4H3,(H,26,30)(H,27,29). The van der Waals surface area contributed by atoms with Crippen molar-refractivity contribution < 1.29 is 28.6 Å². The van der Waals surface area contributed by atoms with Gasteiger partial charge in [0.15, 0.2) is 5.79 Å². The average Bonchev–Trinajstić information content (AvgIpc) is 3.27. The van der Waals surface area contributed by atoms with E-state index in [2.05, 4.69) is 10.6 Å². The predicted octanol–water partition coefficient (Wildman–Crippen LogP) is 2.59. The van der Waals surface area contributed by atoms with Gasteiger partial charge in [-0.2, -0.15) is 0 Å². The summed E-state index contributed by atoms with van der Waals surface area (Å²) in [6, 6.07) is 9.43. The van der Waals surface area contributed by atoms with E-state index in [0.717, 1.165) is 18.4 Å². The topological polar surface area (TPSA) is 106 Å². The number of hydrogen-bond acceptors (Lipinski definition) is 6. The normalized spacial score (nSPS) is 23.2. The number of benzene rings is 1. The fourth-order valence-corrected chi connectivity index (χ4v) is 4.12. The molecule has 2 aliphatic rings. The first-order chi connectivity index (χ1) is 16.1. The summed E-state index contributed by atoms with van der Waals surface area (Å²) in [6.07, 6.45) is 0.796. The molecule has 1 aromatic carbocycles. The number of nitrogens with one attached hydrogen (secondary N) is 2. The van der Waals surface area contributed by atoms with Crippen molar-refractivity contribution in [3.63, 3.8) is 0 Å². The summed E-state index contributed by atoms with van der Waals surface area (Å²) in [5.74, 6) is -1.26. The van der Waals surface area contributed by atoms with Crippen LogP contribution in [0.4, 0.5) is 4.79 Å². The van der Waals surface area contributed by atoms with Gasteiger partial charge in [-0.15, -0.1) is 0 Å². The van der Waals surface area contributed by atoms with E-state index in [0.29, 0.717) is 19.7 Å². The zero-order chi connectivity index (χ0) is 24.8. The van der Waals surface area contributed by atoms with Crippen LogP contribution in [-0.2, 0) is 30.4 Å². The van der Waals surface area contributed by atoms with Crippen molar-refractivity contribution in [2.75, 3.05) is 26.2 Å². The molecule has 9 nitrogen and oxygen atoms in total. The van der Waals surface area contributed by atoms with Crippen LogP contribution in [0.5, 0.6) is 0 Å². The first-order valence-corrected chi connectivity index (χ1v) is 11.9. The Balaban J connectivity index is 1.37. The summed E-state index contributed by atoms with van der Waals surface area (Å²) in [6.45, 7) is 9.19. The van der Waals surface area contributed by atoms with E-state index in [9.17, 15) is 14.4 Å². The number of likely N-dealkylation sites (tertiary alicyclic amines) is 1. The summed E-state index contributed by atoms with van der Waals surface area (Å²) >= 11 is 0. The maximum Gasteiger partial charge on any atom is 0.410 e. The SMILES string of the molecule is CC1(C)OCC(C)(C)C(C(=O)NCCC(=O)NCC2CCCN2C(=O)OCc2ccccc2)O1. The molecular weight excluding hydrogens is 438 g/mol. The Bertz CT molecular complexity index is 857. The lowest BCUT2D eigenvalue weighted by Crippen LogP contribution is -2.56. The molecule has 2 atom stereocenters. The van der Waals surface area contributed by atoms with E-state index < -0.39 is 17.3 Å². The summed E-state index contributed by atoms with van der Waals surface area (Å²) in [5, 5.41) is 5.67. The van der Waals surface area contributed by atoms with Crippen molar-refractivity contribution in [3.8, 4) is 0 Å². The summed E-state index contributed by atoms with van der Waals surface area (Å²) in [7, 11) is 0. The van der Waals surface area contributed by atoms with E-state index in [4.69, 9.17) is 14.2 Å². The van der Waals surface area contributed by atoms with Gasteiger partial charge in [0.05, 0.1) is 12.6 Å². The predicted molar refractivity (Wildman–Crippen MR) is 126 cm³/mol. The van der Waals surface area contributed by atoms with Gasteiger partial charge in [-0.25, -0.2) is 4.79 Å². The second kappa shape index (κ2) is 11.2. The van der Waals surface area contributed by atoms with E-state index in [1.54, 1.807) is 18.7 Å². The fourth-order valence-electron chi connectivity index (χ4n) is 4.12. The molecule has 0 radical (unpaired) electrons. The first-order valence-electron chi connectivity index (χ1n) is 11.9. The summed E-state index contributed by atoms with van der Waals surface area (Å²) in [5.41, 5.74) is 0.461. The van der Waals surface area contributed by atoms with Crippen molar-refractivity contribution in [2.24, 2.45) is 5.41 Å². The third-order valence-corrected chi connectivity index (χ3v) is 6.14. The molecule has 188 valence electrons. The van der Waals surface area contributed by atoms with Crippen LogP contribution in [0.25, 0.3) is 0 Å². The van der Waals surface area contributed by atoms with Crippen LogP contribution < -0.4 is 10.6 Å². The Morgan fingerprint density at radius 2 is 1.85 bits per heavy atom. The van der Waals surface area contributed by atoms with Crippen molar-refractivity contribution >= 4 is 17.9 Å². The Kier molecular flexibility index (Phi) is 8.54. The zero-order valence-corrected chi connectivity index (χ0v) is 20.6. The molecule has 0 spiro atoms. The van der Waals surface area contributed by atoms with Gasteiger partial charge in [0.1, 0.15) is 12.7 Å². The van der Waals surface area contributed by atoms with Crippen molar-refractivity contribution in [1.82, 2.24) is 15.5 Å². The first kappa shape index (κ1) is 26.0. The molecule has 0 aliphatic carbocycles. The monoisotopic (exact) mass is 475 g/mol. The van der Waals surface area contributed by atoms with Gasteiger partial charge in [-0.3, -0.25) is 9.59 Å². The highest BCUT2D eigenvalue weighted by Crippen LogP contribution is 2.34. The van der Waals surface area contributed by atoms with Gasteiger partial charge >= 0.3 is 6.09 Å². The molecule has 34 heavy (non-hydrogen) atoms. The quantitative estimate of drug-likeness (QED) is 0.599. The lowest BCUT2D eigenvalue weighted by molar-refractivity contribution is -0.304. The minimum atomic E-state index is -0.829. The highest BCUT2D eigenvalue weighted by molar-refractivity contribution is 5.83.